The zero-order valence-electron chi connectivity index (χ0n) is 11.5. The topological polar surface area (TPSA) is 37.8 Å². The smallest absolute Gasteiger partial charge is 0.175 e. The van der Waals surface area contributed by atoms with Crippen LogP contribution in [0.4, 0.5) is 8.78 Å². The summed E-state index contributed by atoms with van der Waals surface area (Å²) in [5.74, 6) is -0.379. The van der Waals surface area contributed by atoms with Gasteiger partial charge in [-0.15, -0.1) is 0 Å². The summed E-state index contributed by atoms with van der Waals surface area (Å²) >= 11 is 2.17. The Labute approximate surface area is 130 Å². The maximum absolute atomic E-state index is 14.1. The van der Waals surface area contributed by atoms with Crippen molar-refractivity contribution in [2.45, 2.75) is 48.0 Å². The highest BCUT2D eigenvalue weighted by Gasteiger charge is 2.21. The van der Waals surface area contributed by atoms with E-state index in [9.17, 15) is 8.78 Å². The van der Waals surface area contributed by atoms with Crippen molar-refractivity contribution in [1.29, 1.82) is 0 Å². The summed E-state index contributed by atoms with van der Waals surface area (Å²) in [7, 11) is 0. The maximum atomic E-state index is 14.1. The van der Waals surface area contributed by atoms with Crippen LogP contribution in [-0.4, -0.2) is 15.4 Å². The zero-order chi connectivity index (χ0) is 14.8. The summed E-state index contributed by atoms with van der Waals surface area (Å²) in [6, 6.07) is 3.30. The summed E-state index contributed by atoms with van der Waals surface area (Å²) in [4.78, 5) is 4.21. The Bertz CT molecular complexity index is 618. The van der Waals surface area contributed by atoms with Crippen LogP contribution in [0, 0.1) is 11.6 Å². The molecule has 3 nitrogen and oxygen atoms in total. The van der Waals surface area contributed by atoms with Gasteiger partial charge in [0, 0.05) is 19.0 Å². The zero-order valence-corrected chi connectivity index (χ0v) is 13.2. The fraction of sp³-hybridized carbons (Fsp3) is 0.429. The third kappa shape index (κ3) is 3.78. The molecule has 21 heavy (non-hydrogen) atoms. The number of hydrogen-bond acceptors (Lipinski definition) is 5. The first-order valence-electron chi connectivity index (χ1n) is 6.87. The van der Waals surface area contributed by atoms with E-state index >= 15 is 0 Å². The number of nitrogens with one attached hydrogen (secondary N) is 1. The van der Waals surface area contributed by atoms with Crippen LogP contribution in [0.5, 0.6) is 0 Å². The molecule has 0 radical (unpaired) electrons. The molecule has 1 fully saturated rings. The number of aryl methyl sites for hydroxylation is 1. The molecular formula is C14H15F2N3S2. The molecule has 0 aliphatic heterocycles. The normalized spacial score (nSPS) is 14.6. The van der Waals surface area contributed by atoms with Crippen molar-refractivity contribution in [3.63, 3.8) is 0 Å². The molecule has 1 aromatic heterocycles. The summed E-state index contributed by atoms with van der Waals surface area (Å²) in [6.07, 6.45) is 3.01. The van der Waals surface area contributed by atoms with Gasteiger partial charge in [-0.25, -0.2) is 13.8 Å². The standard InChI is InChI=1S/C14H15F2N3S2/c1-2-12-18-14(21-19-12)20-13-10(15)5-8(6-11(13)16)7-17-9-3-4-9/h5-6,9,17H,2-4,7H2,1H3. The number of benzene rings is 1. The maximum Gasteiger partial charge on any atom is 0.175 e. The van der Waals surface area contributed by atoms with Crippen LogP contribution in [0.1, 0.15) is 31.2 Å². The first-order valence-corrected chi connectivity index (χ1v) is 8.46. The van der Waals surface area contributed by atoms with Gasteiger partial charge < -0.3 is 5.32 Å². The predicted molar refractivity (Wildman–Crippen MR) is 79.6 cm³/mol. The lowest BCUT2D eigenvalue weighted by Gasteiger charge is -2.07. The first kappa shape index (κ1) is 14.9. The van der Waals surface area contributed by atoms with E-state index in [0.29, 0.717) is 34.7 Å². The van der Waals surface area contributed by atoms with Crippen LogP contribution in [0.25, 0.3) is 0 Å². The molecule has 0 bridgehead atoms. The number of aromatic nitrogens is 2. The van der Waals surface area contributed by atoms with Gasteiger partial charge in [0.1, 0.15) is 17.5 Å². The summed E-state index contributed by atoms with van der Waals surface area (Å²) < 4.78 is 32.9. The van der Waals surface area contributed by atoms with Gasteiger partial charge in [-0.05, 0) is 42.1 Å². The molecule has 3 rings (SSSR count). The van der Waals surface area contributed by atoms with Crippen LogP contribution in [0.2, 0.25) is 0 Å². The minimum Gasteiger partial charge on any atom is -0.310 e. The molecule has 0 amide bonds. The fourth-order valence-electron chi connectivity index (χ4n) is 1.87. The van der Waals surface area contributed by atoms with Crippen LogP contribution in [0.15, 0.2) is 21.4 Å². The van der Waals surface area contributed by atoms with Crippen molar-refractivity contribution in [3.05, 3.63) is 35.2 Å². The van der Waals surface area contributed by atoms with Crippen LogP contribution >= 0.6 is 23.3 Å². The van der Waals surface area contributed by atoms with Crippen LogP contribution in [0.3, 0.4) is 0 Å². The second-order valence-electron chi connectivity index (χ2n) is 4.98. The van der Waals surface area contributed by atoms with Crippen LogP contribution in [-0.2, 0) is 13.0 Å². The average Bonchev–Trinajstić information content (AvgIpc) is 3.18. The molecule has 7 heteroatoms. The minimum absolute atomic E-state index is 0.0102. The molecule has 0 spiro atoms. The van der Waals surface area contributed by atoms with E-state index in [-0.39, 0.29) is 4.90 Å². The molecule has 1 aliphatic carbocycles. The van der Waals surface area contributed by atoms with E-state index in [2.05, 4.69) is 14.7 Å². The first-order chi connectivity index (χ1) is 10.2. The Hall–Kier alpha value is -1.05. The third-order valence-corrected chi connectivity index (χ3v) is 5.07. The lowest BCUT2D eigenvalue weighted by molar-refractivity contribution is 0.534. The number of halogens is 2. The monoisotopic (exact) mass is 327 g/mol. The van der Waals surface area contributed by atoms with Crippen molar-refractivity contribution >= 4 is 23.3 Å². The van der Waals surface area contributed by atoms with E-state index in [4.69, 9.17) is 0 Å². The van der Waals surface area contributed by atoms with Gasteiger partial charge in [-0.2, -0.15) is 4.37 Å². The summed E-state index contributed by atoms with van der Waals surface area (Å²) in [5, 5.41) is 3.25. The molecule has 112 valence electrons. The van der Waals surface area contributed by atoms with Crippen molar-refractivity contribution in [3.8, 4) is 0 Å². The summed E-state index contributed by atoms with van der Waals surface area (Å²) in [5.41, 5.74) is 0.632. The molecule has 0 saturated heterocycles. The van der Waals surface area contributed by atoms with Gasteiger partial charge in [0.25, 0.3) is 0 Å². The van der Waals surface area contributed by atoms with Crippen molar-refractivity contribution in [1.82, 2.24) is 14.7 Å². The molecule has 1 heterocycles. The van der Waals surface area contributed by atoms with Crippen molar-refractivity contribution < 1.29 is 8.78 Å². The largest absolute Gasteiger partial charge is 0.310 e. The van der Waals surface area contributed by atoms with E-state index in [1.807, 2.05) is 6.92 Å². The van der Waals surface area contributed by atoms with E-state index in [1.165, 1.54) is 23.7 Å². The van der Waals surface area contributed by atoms with Gasteiger partial charge in [-0.1, -0.05) is 18.7 Å². The molecule has 1 saturated carbocycles. The molecule has 1 aromatic carbocycles. The molecule has 2 aromatic rings. The SMILES string of the molecule is CCc1nsc(Sc2c(F)cc(CNC3CC3)cc2F)n1. The Morgan fingerprint density at radius 2 is 2.05 bits per heavy atom. The molecule has 1 N–H and O–H groups in total. The fourth-order valence-corrected chi connectivity index (χ4v) is 3.52. The quantitative estimate of drug-likeness (QED) is 0.876. The molecule has 0 atom stereocenters. The van der Waals surface area contributed by atoms with Crippen molar-refractivity contribution in [2.24, 2.45) is 0 Å². The molecule has 1 aliphatic rings. The van der Waals surface area contributed by atoms with Gasteiger partial charge in [0.2, 0.25) is 0 Å². The van der Waals surface area contributed by atoms with Gasteiger partial charge >= 0.3 is 0 Å². The van der Waals surface area contributed by atoms with E-state index in [1.54, 1.807) is 0 Å². The Kier molecular flexibility index (Phi) is 4.51. The Morgan fingerprint density at radius 3 is 2.62 bits per heavy atom. The van der Waals surface area contributed by atoms with Gasteiger partial charge in [0.15, 0.2) is 4.34 Å². The lowest BCUT2D eigenvalue weighted by atomic mass is 10.2. The highest BCUT2D eigenvalue weighted by atomic mass is 32.2. The number of rotatable bonds is 6. The van der Waals surface area contributed by atoms with E-state index < -0.39 is 11.6 Å². The lowest BCUT2D eigenvalue weighted by Crippen LogP contribution is -2.15. The Morgan fingerprint density at radius 1 is 1.33 bits per heavy atom. The second kappa shape index (κ2) is 6.37. The van der Waals surface area contributed by atoms with Crippen molar-refractivity contribution in [2.75, 3.05) is 0 Å². The van der Waals surface area contributed by atoms with E-state index in [0.717, 1.165) is 24.6 Å². The molecular weight excluding hydrogens is 312 g/mol. The average molecular weight is 327 g/mol. The highest BCUT2D eigenvalue weighted by molar-refractivity contribution is 8.01. The third-order valence-electron chi connectivity index (χ3n) is 3.19. The highest BCUT2D eigenvalue weighted by Crippen LogP contribution is 2.33. The van der Waals surface area contributed by atoms with Gasteiger partial charge in [0.05, 0.1) is 4.90 Å². The Balaban J connectivity index is 1.74. The summed E-state index contributed by atoms with van der Waals surface area (Å²) in [6.45, 7) is 2.45. The predicted octanol–water partition coefficient (Wildman–Crippen LogP) is 3.78. The number of nitrogens with zero attached hydrogens (tertiary/aromatic N) is 2. The van der Waals surface area contributed by atoms with Crippen LogP contribution < -0.4 is 5.32 Å². The second-order valence-corrected chi connectivity index (χ2v) is 6.99. The molecule has 0 unspecified atom stereocenters. The van der Waals surface area contributed by atoms with Gasteiger partial charge in [-0.3, -0.25) is 0 Å². The number of hydrogen-bond donors (Lipinski definition) is 1. The minimum atomic E-state index is -0.541.